The minimum atomic E-state index is 0. The number of nitrogens with zero attached hydrogens (tertiary/aromatic N) is 11. The lowest BCUT2D eigenvalue weighted by atomic mass is 9.95. The van der Waals surface area contributed by atoms with Crippen LogP contribution in [0.2, 0.25) is 0 Å². The molecule has 21 aromatic carbocycles. The van der Waals surface area contributed by atoms with Crippen LogP contribution in [0.5, 0.6) is 0 Å². The lowest BCUT2D eigenvalue weighted by Crippen LogP contribution is -1.94. The first kappa shape index (κ1) is 93.3. The molecule has 0 fully saturated rings. The summed E-state index contributed by atoms with van der Waals surface area (Å²) in [4.78, 5) is 50.8. The molecule has 7 aromatic heterocycles. The average Bonchev–Trinajstić information content (AvgIpc) is 0.776. The van der Waals surface area contributed by atoms with Crippen LogP contribution in [0.25, 0.3) is 227 Å². The minimum absolute atomic E-state index is 0. The van der Waals surface area contributed by atoms with Gasteiger partial charge >= 0.3 is 0 Å². The van der Waals surface area contributed by atoms with E-state index in [1.54, 1.807) is 0 Å². The maximum atomic E-state index is 4.87. The second-order valence-corrected chi connectivity index (χ2v) is 34.7. The van der Waals surface area contributed by atoms with E-state index in [-0.39, 0.29) is 29.7 Å². The Kier molecular flexibility index (Phi) is 26.9. The highest BCUT2D eigenvalue weighted by molar-refractivity contribution is 6.30. The van der Waals surface area contributed by atoms with Crippen molar-refractivity contribution in [3.05, 3.63) is 441 Å². The van der Waals surface area contributed by atoms with Crippen LogP contribution < -0.4 is 0 Å². The summed E-state index contributed by atoms with van der Waals surface area (Å²) in [5.74, 6) is 1.80. The van der Waals surface area contributed by atoms with Gasteiger partial charge in [-0.15, -0.1) is 0 Å². The third-order valence-electron chi connectivity index (χ3n) is 26.3. The molecule has 680 valence electrons. The van der Waals surface area contributed by atoms with Crippen molar-refractivity contribution >= 4 is 227 Å². The van der Waals surface area contributed by atoms with E-state index in [1.807, 2.05) is 64.9 Å². The third-order valence-corrected chi connectivity index (χ3v) is 26.3. The molecule has 0 unspecified atom stereocenters. The number of hydrogen-bond donors (Lipinski definition) is 0. The topological polar surface area (TPSA) is 142 Å². The molecule has 0 aliphatic heterocycles. The summed E-state index contributed by atoms with van der Waals surface area (Å²) in [5.41, 5.74) is 12.4. The molecule has 0 saturated carbocycles. The van der Waals surface area contributed by atoms with Gasteiger partial charge in [-0.25, -0.2) is 29.9 Å². The normalized spacial score (nSPS) is 11.1. The predicted octanol–water partition coefficient (Wildman–Crippen LogP) is 34.8. The van der Waals surface area contributed by atoms with E-state index in [0.29, 0.717) is 0 Å². The first-order valence-electron chi connectivity index (χ1n) is 46.7. The van der Waals surface area contributed by atoms with E-state index < -0.39 is 0 Å². The van der Waals surface area contributed by atoms with Gasteiger partial charge in [0.25, 0.3) is 0 Å². The van der Waals surface area contributed by atoms with Crippen LogP contribution in [0.3, 0.4) is 0 Å². The maximum Gasteiger partial charge on any atom is 0.128 e. The molecule has 140 heavy (non-hydrogen) atoms. The molecule has 0 amide bonds. The molecule has 0 bridgehead atoms. The third kappa shape index (κ3) is 17.2. The van der Waals surface area contributed by atoms with Crippen LogP contribution in [0.4, 0.5) is 0 Å². The first-order valence-corrected chi connectivity index (χ1v) is 46.7. The van der Waals surface area contributed by atoms with E-state index in [1.165, 1.54) is 178 Å². The van der Waals surface area contributed by atoms with E-state index >= 15 is 0 Å². The summed E-state index contributed by atoms with van der Waals surface area (Å²) in [6.45, 7) is 14.4. The van der Waals surface area contributed by atoms with Crippen LogP contribution in [0, 0.1) is 27.7 Å². The van der Waals surface area contributed by atoms with Crippen molar-refractivity contribution in [1.82, 2.24) is 54.8 Å². The Hall–Kier alpha value is -17.2. The number of aromatic nitrogens is 11. The fourth-order valence-corrected chi connectivity index (χ4v) is 20.0. The number of rotatable bonds is 3. The van der Waals surface area contributed by atoms with Gasteiger partial charge in [0.15, 0.2) is 0 Å². The number of hydrogen-bond acceptors (Lipinski definition) is 11. The van der Waals surface area contributed by atoms with Gasteiger partial charge in [0.1, 0.15) is 11.6 Å². The fraction of sp³-hybridized carbons (Fsp3) is 0.109. The number of benzene rings is 21. The summed E-state index contributed by atoms with van der Waals surface area (Å²) in [5, 5.41) is 43.7. The van der Waals surface area contributed by atoms with E-state index in [4.69, 9.17) is 24.9 Å². The van der Waals surface area contributed by atoms with Crippen molar-refractivity contribution in [1.29, 1.82) is 0 Å². The van der Waals surface area contributed by atoms with Gasteiger partial charge in [0, 0.05) is 132 Å². The van der Waals surface area contributed by atoms with Crippen molar-refractivity contribution in [2.24, 2.45) is 0 Å². The molecule has 0 saturated heterocycles. The molecule has 7 heterocycles. The highest BCUT2D eigenvalue weighted by atomic mass is 14.9. The Morgan fingerprint density at radius 3 is 0.586 bits per heavy atom. The van der Waals surface area contributed by atoms with Gasteiger partial charge in [0.2, 0.25) is 0 Å². The van der Waals surface area contributed by atoms with Gasteiger partial charge in [-0.3, -0.25) is 24.9 Å². The Balaban J connectivity index is 0.000000108. The molecule has 0 N–H and O–H groups in total. The molecule has 0 aliphatic carbocycles. The summed E-state index contributed by atoms with van der Waals surface area (Å²) >= 11 is 0. The lowest BCUT2D eigenvalue weighted by molar-refractivity contribution is 0.963. The van der Waals surface area contributed by atoms with Crippen LogP contribution in [0.15, 0.2) is 401 Å². The van der Waals surface area contributed by atoms with Crippen molar-refractivity contribution in [3.63, 3.8) is 0 Å². The van der Waals surface area contributed by atoms with Crippen molar-refractivity contribution in [3.8, 4) is 0 Å². The Labute approximate surface area is 815 Å². The lowest BCUT2D eigenvalue weighted by Gasteiger charge is -2.10. The number of fused-ring (bicyclic) bond motifs is 42. The summed E-state index contributed by atoms with van der Waals surface area (Å²) < 4.78 is 0. The van der Waals surface area contributed by atoms with Crippen LogP contribution >= 0.6 is 0 Å². The molecule has 0 aliphatic rings. The van der Waals surface area contributed by atoms with Crippen molar-refractivity contribution < 1.29 is 0 Å². The van der Waals surface area contributed by atoms with Gasteiger partial charge in [0.05, 0.1) is 50.0 Å². The van der Waals surface area contributed by atoms with Gasteiger partial charge in [-0.2, -0.15) is 0 Å². The molecule has 0 radical (unpaired) electrons. The predicted molar refractivity (Wildman–Crippen MR) is 602 cm³/mol. The second kappa shape index (κ2) is 40.4. The summed E-state index contributed by atoms with van der Waals surface area (Å²) in [7, 11) is 0. The number of pyridine rings is 3. The Morgan fingerprint density at radius 1 is 0.143 bits per heavy atom. The summed E-state index contributed by atoms with van der Waals surface area (Å²) in [6, 6.07) is 128. The zero-order valence-corrected chi connectivity index (χ0v) is 76.6. The van der Waals surface area contributed by atoms with E-state index in [2.05, 4.69) is 415 Å². The average molecular weight is 1810 g/mol. The Morgan fingerprint density at radius 2 is 0.336 bits per heavy atom. The quantitative estimate of drug-likeness (QED) is 0.156. The van der Waals surface area contributed by atoms with Crippen LogP contribution in [-0.2, 0) is 19.3 Å². The molecular formula is C129H109N11. The molecule has 11 heteroatoms. The smallest absolute Gasteiger partial charge is 0.128 e. The standard InChI is InChI=1S/C19H15N.2C18H14N2.2C18H13N.2C17H12N2.4CH4/c1-2-13-11-12-18-16-9-4-3-7-14(16)15-8-5-6-10-17(15)19(18)20-13;2*1-2-17-19-11-16-14-9-4-3-7-12(14)13-8-5-6-10-15(13)18(16)20-17;2*1-12-10-17-15-8-4-2-6-13(15)14-7-3-5-9-16(14)18(17)11-19-12;2*1-11-10-18-16-14-8-4-2-6-12(14)13-7-3-5-9-15(13)17(16)19-11;;;;/h3-12H,2H2,1H3;2*3-11H,2H2,1H3;2*2-11H,1H3;2*2-10H,1H3;4*1H4. The highest BCUT2D eigenvalue weighted by Gasteiger charge is 2.18. The molecule has 0 atom stereocenters. The van der Waals surface area contributed by atoms with Crippen LogP contribution in [0.1, 0.15) is 90.6 Å². The fourth-order valence-electron chi connectivity index (χ4n) is 20.0. The van der Waals surface area contributed by atoms with Crippen molar-refractivity contribution in [2.45, 2.75) is 97.4 Å². The zero-order valence-electron chi connectivity index (χ0n) is 76.6. The summed E-state index contributed by atoms with van der Waals surface area (Å²) in [6.07, 6.45) is 14.3. The van der Waals surface area contributed by atoms with Gasteiger partial charge < -0.3 is 0 Å². The second-order valence-electron chi connectivity index (χ2n) is 34.7. The first-order chi connectivity index (χ1) is 67.0. The molecule has 28 rings (SSSR count). The SMILES string of the molecule is C.C.C.C.CCc1ccc2c3ccccc3c3ccccc3c2n1.CCc1ncc2c3ccccc3c3ccccc3c2n1.CCc1ncc2c3ccccc3c3ccccc3c2n1.Cc1cc2c3ccccc3c3ccccc3c2cn1.Cc1cc2c3ccccc3c3ccccc3c2cn1.Cc1cnc2c3ccccc3c3ccccc3c2n1.Cc1cnc2c3ccccc3c3ccccc3c2n1. The van der Waals surface area contributed by atoms with Gasteiger partial charge in [-0.1, -0.05) is 396 Å². The molecule has 0 spiro atoms. The van der Waals surface area contributed by atoms with Crippen molar-refractivity contribution in [2.75, 3.05) is 0 Å². The zero-order chi connectivity index (χ0) is 91.9. The molecule has 28 aromatic rings. The maximum absolute atomic E-state index is 4.87. The largest absolute Gasteiger partial charge is 0.261 e. The minimum Gasteiger partial charge on any atom is -0.261 e. The molecular weight excluding hydrogens is 1700 g/mol. The highest BCUT2D eigenvalue weighted by Crippen LogP contribution is 2.42. The molecule has 11 nitrogen and oxygen atoms in total. The van der Waals surface area contributed by atoms with Gasteiger partial charge in [-0.05, 0) is 176 Å². The van der Waals surface area contributed by atoms with Crippen LogP contribution in [-0.4, -0.2) is 54.8 Å². The Bertz CT molecular complexity index is 8370. The number of aryl methyl sites for hydroxylation is 7. The van der Waals surface area contributed by atoms with E-state index in [9.17, 15) is 0 Å². The monoisotopic (exact) mass is 1810 g/mol. The van der Waals surface area contributed by atoms with E-state index in [0.717, 1.165) is 109 Å².